The highest BCUT2D eigenvalue weighted by Gasteiger charge is 2.45. The van der Waals surface area contributed by atoms with Gasteiger partial charge in [-0.1, -0.05) is 22.9 Å². The van der Waals surface area contributed by atoms with Crippen LogP contribution in [0.3, 0.4) is 0 Å². The van der Waals surface area contributed by atoms with Crippen LogP contribution in [0.1, 0.15) is 32.8 Å². The molecule has 0 amide bonds. The quantitative estimate of drug-likeness (QED) is 0.880. The van der Waals surface area contributed by atoms with Crippen LogP contribution in [0.15, 0.2) is 22.7 Å². The Bertz CT molecular complexity index is 480. The van der Waals surface area contributed by atoms with Gasteiger partial charge in [0.1, 0.15) is 11.4 Å². The summed E-state index contributed by atoms with van der Waals surface area (Å²) in [5.74, 6) is 1.04. The first kappa shape index (κ1) is 15.8. The summed E-state index contributed by atoms with van der Waals surface area (Å²) >= 11 is 3.59. The third-order valence-electron chi connectivity index (χ3n) is 4.62. The average Bonchev–Trinajstić information content (AvgIpc) is 2.39. The number of halogens is 1. The Balaban J connectivity index is 2.40. The standard InChI is InChI=1S/C16H24BrNO2/c1-5-20-13-6-7-15(17)14(8-13)16(19)9-12(3)18(4)10-11(16)2/h6-8,11-12,19H,5,9-10H2,1-4H3/p+1/t11-,12-,16+/m1/s1. The number of nitrogens with one attached hydrogen (secondary N) is 1. The van der Waals surface area contributed by atoms with Crippen molar-refractivity contribution in [3.05, 3.63) is 28.2 Å². The third-order valence-corrected chi connectivity index (χ3v) is 5.31. The number of piperidine rings is 1. The smallest absolute Gasteiger partial charge is 0.119 e. The molecule has 4 heteroatoms. The predicted octanol–water partition coefficient (Wildman–Crippen LogP) is 1.98. The number of benzene rings is 1. The van der Waals surface area contributed by atoms with Crippen molar-refractivity contribution in [1.29, 1.82) is 0 Å². The van der Waals surface area contributed by atoms with Crippen molar-refractivity contribution >= 4 is 15.9 Å². The highest BCUT2D eigenvalue weighted by Crippen LogP contribution is 2.40. The van der Waals surface area contributed by atoms with Gasteiger partial charge in [0.05, 0.1) is 26.2 Å². The first-order chi connectivity index (χ1) is 9.38. The highest BCUT2D eigenvalue weighted by atomic mass is 79.9. The molecule has 1 aliphatic rings. The normalized spacial score (nSPS) is 34.0. The summed E-state index contributed by atoms with van der Waals surface area (Å²) in [4.78, 5) is 1.49. The minimum Gasteiger partial charge on any atom is -0.494 e. The second-order valence-electron chi connectivity index (χ2n) is 6.06. The Morgan fingerprint density at radius 3 is 2.80 bits per heavy atom. The highest BCUT2D eigenvalue weighted by molar-refractivity contribution is 9.10. The minimum atomic E-state index is -0.787. The lowest BCUT2D eigenvalue weighted by Gasteiger charge is -2.44. The summed E-state index contributed by atoms with van der Waals surface area (Å²) in [6.45, 7) is 7.92. The van der Waals surface area contributed by atoms with Crippen LogP contribution in [0.25, 0.3) is 0 Å². The van der Waals surface area contributed by atoms with E-state index in [0.717, 1.165) is 28.8 Å². The summed E-state index contributed by atoms with van der Waals surface area (Å²) in [6.07, 6.45) is 0.772. The zero-order valence-corrected chi connectivity index (χ0v) is 14.3. The fraction of sp³-hybridized carbons (Fsp3) is 0.625. The molecule has 0 aliphatic carbocycles. The molecule has 2 N–H and O–H groups in total. The van der Waals surface area contributed by atoms with E-state index in [4.69, 9.17) is 4.74 Å². The molecule has 0 aromatic heterocycles. The van der Waals surface area contributed by atoms with Crippen molar-refractivity contribution in [2.75, 3.05) is 20.2 Å². The van der Waals surface area contributed by atoms with E-state index >= 15 is 0 Å². The van der Waals surface area contributed by atoms with Crippen molar-refractivity contribution in [2.24, 2.45) is 5.92 Å². The van der Waals surface area contributed by atoms with Gasteiger partial charge in [0, 0.05) is 22.4 Å². The fourth-order valence-corrected chi connectivity index (χ4v) is 3.75. The van der Waals surface area contributed by atoms with E-state index in [1.807, 2.05) is 25.1 Å². The van der Waals surface area contributed by atoms with E-state index in [0.29, 0.717) is 12.6 Å². The molecule has 112 valence electrons. The van der Waals surface area contributed by atoms with Crippen LogP contribution in [-0.2, 0) is 5.60 Å². The molecule has 1 heterocycles. The molecule has 1 aromatic rings. The molecule has 4 atom stereocenters. The molecule has 0 radical (unpaired) electrons. The van der Waals surface area contributed by atoms with Crippen molar-refractivity contribution in [2.45, 2.75) is 38.8 Å². The molecule has 1 fully saturated rings. The minimum absolute atomic E-state index is 0.215. The summed E-state index contributed by atoms with van der Waals surface area (Å²) in [7, 11) is 2.20. The van der Waals surface area contributed by atoms with Crippen LogP contribution in [0.2, 0.25) is 0 Å². The average molecular weight is 343 g/mol. The number of aliphatic hydroxyl groups is 1. The van der Waals surface area contributed by atoms with Gasteiger partial charge < -0.3 is 14.7 Å². The largest absolute Gasteiger partial charge is 0.494 e. The van der Waals surface area contributed by atoms with Gasteiger partial charge in [0.2, 0.25) is 0 Å². The fourth-order valence-electron chi connectivity index (χ4n) is 3.16. The van der Waals surface area contributed by atoms with E-state index < -0.39 is 5.60 Å². The van der Waals surface area contributed by atoms with Gasteiger partial charge >= 0.3 is 0 Å². The Labute approximate surface area is 130 Å². The first-order valence-electron chi connectivity index (χ1n) is 7.36. The summed E-state index contributed by atoms with van der Waals surface area (Å²) in [6, 6.07) is 6.34. The molecule has 0 saturated carbocycles. The van der Waals surface area contributed by atoms with Crippen molar-refractivity contribution in [3.8, 4) is 5.75 Å². The maximum Gasteiger partial charge on any atom is 0.119 e. The lowest BCUT2D eigenvalue weighted by molar-refractivity contribution is -0.916. The molecule has 20 heavy (non-hydrogen) atoms. The van der Waals surface area contributed by atoms with E-state index in [2.05, 4.69) is 36.8 Å². The molecule has 1 saturated heterocycles. The van der Waals surface area contributed by atoms with E-state index in [1.165, 1.54) is 4.90 Å². The molecule has 1 unspecified atom stereocenters. The number of hydrogen-bond donors (Lipinski definition) is 2. The zero-order valence-electron chi connectivity index (χ0n) is 12.7. The number of quaternary nitrogens is 1. The predicted molar refractivity (Wildman–Crippen MR) is 84.2 cm³/mol. The van der Waals surface area contributed by atoms with Crippen LogP contribution < -0.4 is 9.64 Å². The maximum atomic E-state index is 11.3. The molecule has 1 aromatic carbocycles. The Morgan fingerprint density at radius 2 is 2.15 bits per heavy atom. The monoisotopic (exact) mass is 342 g/mol. The van der Waals surface area contributed by atoms with Crippen LogP contribution in [0.5, 0.6) is 5.75 Å². The van der Waals surface area contributed by atoms with Crippen LogP contribution in [-0.4, -0.2) is 31.3 Å². The first-order valence-corrected chi connectivity index (χ1v) is 8.15. The van der Waals surface area contributed by atoms with Gasteiger partial charge in [0.25, 0.3) is 0 Å². The summed E-state index contributed by atoms with van der Waals surface area (Å²) in [5, 5.41) is 11.3. The van der Waals surface area contributed by atoms with Crippen LogP contribution in [0, 0.1) is 5.92 Å². The van der Waals surface area contributed by atoms with Gasteiger partial charge in [-0.15, -0.1) is 0 Å². The Morgan fingerprint density at radius 1 is 1.45 bits per heavy atom. The van der Waals surface area contributed by atoms with E-state index in [1.54, 1.807) is 0 Å². The van der Waals surface area contributed by atoms with Crippen LogP contribution >= 0.6 is 15.9 Å². The molecule has 1 aliphatic heterocycles. The number of likely N-dealkylation sites (tertiary alicyclic amines) is 1. The lowest BCUT2D eigenvalue weighted by atomic mass is 9.74. The molecule has 0 spiro atoms. The van der Waals surface area contributed by atoms with Gasteiger partial charge in [0.15, 0.2) is 0 Å². The van der Waals surface area contributed by atoms with Gasteiger partial charge in [-0.25, -0.2) is 0 Å². The van der Waals surface area contributed by atoms with Gasteiger partial charge in [-0.3, -0.25) is 0 Å². The molecule has 0 bridgehead atoms. The molecular weight excluding hydrogens is 318 g/mol. The number of rotatable bonds is 3. The van der Waals surface area contributed by atoms with E-state index in [9.17, 15) is 5.11 Å². The summed E-state index contributed by atoms with van der Waals surface area (Å²) < 4.78 is 6.54. The van der Waals surface area contributed by atoms with E-state index in [-0.39, 0.29) is 5.92 Å². The van der Waals surface area contributed by atoms with Crippen molar-refractivity contribution in [3.63, 3.8) is 0 Å². The SMILES string of the molecule is CCOc1ccc(Br)c([C@]2(O)C[C@@H](C)[NH+](C)C[C@H]2C)c1. The van der Waals surface area contributed by atoms with Gasteiger partial charge in [-0.2, -0.15) is 0 Å². The third kappa shape index (κ3) is 2.87. The lowest BCUT2D eigenvalue weighted by Crippen LogP contribution is -3.15. The molecule has 3 nitrogen and oxygen atoms in total. The second kappa shape index (κ2) is 6.04. The zero-order chi connectivity index (χ0) is 14.9. The Hall–Kier alpha value is -0.580. The van der Waals surface area contributed by atoms with Crippen molar-refractivity contribution in [1.82, 2.24) is 0 Å². The van der Waals surface area contributed by atoms with Crippen molar-refractivity contribution < 1.29 is 14.7 Å². The molecular formula is C16H25BrNO2+. The van der Waals surface area contributed by atoms with Gasteiger partial charge in [-0.05, 0) is 32.0 Å². The number of hydrogen-bond acceptors (Lipinski definition) is 2. The summed E-state index contributed by atoms with van der Waals surface area (Å²) in [5.41, 5.74) is 0.167. The number of ether oxygens (including phenoxy) is 1. The Kier molecular flexibility index (Phi) is 4.77. The topological polar surface area (TPSA) is 33.9 Å². The molecule has 2 rings (SSSR count). The second-order valence-corrected chi connectivity index (χ2v) is 6.91. The maximum absolute atomic E-state index is 11.3. The van der Waals surface area contributed by atoms with Crippen LogP contribution in [0.4, 0.5) is 0 Å².